The first kappa shape index (κ1) is 27.4. The van der Waals surface area contributed by atoms with Crippen molar-refractivity contribution in [3.63, 3.8) is 0 Å². The lowest BCUT2D eigenvalue weighted by atomic mass is 9.79. The third-order valence-electron chi connectivity index (χ3n) is 6.86. The van der Waals surface area contributed by atoms with Gasteiger partial charge in [-0.1, -0.05) is 65.7 Å². The number of carboxylic acid groups (broad SMARTS) is 1. The number of nitrogens with zero attached hydrogens (tertiary/aromatic N) is 1. The van der Waals surface area contributed by atoms with E-state index in [1.807, 2.05) is 18.2 Å². The molecule has 1 saturated heterocycles. The molecule has 7 heteroatoms. The molecule has 2 aliphatic rings. The summed E-state index contributed by atoms with van der Waals surface area (Å²) in [5.41, 5.74) is 9.01. The Kier molecular flexibility index (Phi) is 8.76. The normalized spacial score (nSPS) is 15.1. The number of hydrogen-bond donors (Lipinski definition) is 1. The minimum atomic E-state index is -0.925. The summed E-state index contributed by atoms with van der Waals surface area (Å²) >= 11 is 12.8. The Morgan fingerprint density at radius 1 is 0.973 bits per heavy atom. The molecule has 37 heavy (non-hydrogen) atoms. The SMILES string of the molecule is Cl.O=C(O)c1ccc2c(c1)CCC(c1ccc(Cl)cc1Cl)=C2c1ccc(C=C2CN(CCCF)C2)cc1. The van der Waals surface area contributed by atoms with Crippen LogP contribution >= 0.6 is 35.6 Å². The van der Waals surface area contributed by atoms with Crippen molar-refractivity contribution < 1.29 is 14.3 Å². The molecule has 5 rings (SSSR count). The first-order valence-corrected chi connectivity index (χ1v) is 12.8. The molecule has 0 atom stereocenters. The summed E-state index contributed by atoms with van der Waals surface area (Å²) < 4.78 is 12.4. The number of likely N-dealkylation sites (tertiary alicyclic amines) is 1. The second-order valence-electron chi connectivity index (χ2n) is 9.33. The van der Waals surface area contributed by atoms with Crippen LogP contribution < -0.4 is 0 Å². The van der Waals surface area contributed by atoms with E-state index in [-0.39, 0.29) is 19.1 Å². The predicted octanol–water partition coefficient (Wildman–Crippen LogP) is 8.08. The summed E-state index contributed by atoms with van der Waals surface area (Å²) in [6.07, 6.45) is 4.27. The number of halogens is 4. The van der Waals surface area contributed by atoms with Crippen LogP contribution in [0.15, 0.2) is 66.2 Å². The maximum atomic E-state index is 12.4. The summed E-state index contributed by atoms with van der Waals surface area (Å²) in [5.74, 6) is -0.925. The molecule has 0 radical (unpaired) electrons. The van der Waals surface area contributed by atoms with E-state index >= 15 is 0 Å². The highest BCUT2D eigenvalue weighted by atomic mass is 35.5. The van der Waals surface area contributed by atoms with Gasteiger partial charge >= 0.3 is 5.97 Å². The zero-order valence-electron chi connectivity index (χ0n) is 20.1. The Labute approximate surface area is 232 Å². The number of aryl methyl sites for hydroxylation is 1. The fourth-order valence-electron chi connectivity index (χ4n) is 5.10. The zero-order valence-corrected chi connectivity index (χ0v) is 22.5. The lowest BCUT2D eigenvalue weighted by molar-refractivity contribution is 0.0696. The number of carbonyl (C=O) groups is 1. The molecular weight excluding hydrogens is 532 g/mol. The average Bonchev–Trinajstić information content (AvgIpc) is 2.85. The number of benzene rings is 3. The Morgan fingerprint density at radius 2 is 1.70 bits per heavy atom. The first-order valence-electron chi connectivity index (χ1n) is 12.1. The highest BCUT2D eigenvalue weighted by Gasteiger charge is 2.24. The Hall–Kier alpha value is -2.63. The van der Waals surface area contributed by atoms with Gasteiger partial charge in [-0.2, -0.15) is 0 Å². The molecule has 1 aliphatic carbocycles. The van der Waals surface area contributed by atoms with Gasteiger partial charge in [0.2, 0.25) is 0 Å². The molecule has 1 heterocycles. The van der Waals surface area contributed by atoms with Gasteiger partial charge in [-0.15, -0.1) is 12.4 Å². The van der Waals surface area contributed by atoms with Gasteiger partial charge in [0.05, 0.1) is 12.2 Å². The second-order valence-corrected chi connectivity index (χ2v) is 10.2. The van der Waals surface area contributed by atoms with Crippen LogP contribution in [0.1, 0.15) is 51.0 Å². The summed E-state index contributed by atoms with van der Waals surface area (Å²) in [7, 11) is 0. The molecule has 3 aromatic carbocycles. The van der Waals surface area contributed by atoms with Crippen LogP contribution in [0, 0.1) is 0 Å². The van der Waals surface area contributed by atoms with Crippen molar-refractivity contribution in [2.45, 2.75) is 19.3 Å². The topological polar surface area (TPSA) is 40.5 Å². The maximum Gasteiger partial charge on any atom is 0.335 e. The van der Waals surface area contributed by atoms with Crippen LogP contribution in [0.3, 0.4) is 0 Å². The third kappa shape index (κ3) is 5.94. The van der Waals surface area contributed by atoms with Gasteiger partial charge in [0.25, 0.3) is 0 Å². The molecule has 1 N–H and O–H groups in total. The largest absolute Gasteiger partial charge is 0.478 e. The summed E-state index contributed by atoms with van der Waals surface area (Å²) in [4.78, 5) is 13.8. The van der Waals surface area contributed by atoms with Crippen molar-refractivity contribution in [1.29, 1.82) is 0 Å². The molecule has 1 aliphatic heterocycles. The molecule has 0 saturated carbocycles. The van der Waals surface area contributed by atoms with E-state index in [9.17, 15) is 14.3 Å². The van der Waals surface area contributed by atoms with Gasteiger partial charge < -0.3 is 5.11 Å². The molecule has 0 amide bonds. The Morgan fingerprint density at radius 3 is 2.38 bits per heavy atom. The number of fused-ring (bicyclic) bond motifs is 1. The van der Waals surface area contributed by atoms with Crippen LogP contribution in [0.4, 0.5) is 4.39 Å². The van der Waals surface area contributed by atoms with Crippen molar-refractivity contribution >= 4 is 58.8 Å². The molecule has 0 aromatic heterocycles. The molecule has 192 valence electrons. The fourth-order valence-corrected chi connectivity index (χ4v) is 5.62. The number of aromatic carboxylic acids is 1. The van der Waals surface area contributed by atoms with Gasteiger partial charge in [-0.3, -0.25) is 9.29 Å². The second kappa shape index (κ2) is 11.8. The number of hydrogen-bond acceptors (Lipinski definition) is 2. The number of alkyl halides is 1. The van der Waals surface area contributed by atoms with E-state index in [1.54, 1.807) is 18.2 Å². The van der Waals surface area contributed by atoms with E-state index in [0.717, 1.165) is 71.4 Å². The van der Waals surface area contributed by atoms with E-state index in [4.69, 9.17) is 23.2 Å². The average molecular weight is 559 g/mol. The number of carboxylic acids is 1. The smallest absolute Gasteiger partial charge is 0.335 e. The fraction of sp³-hybridized carbons (Fsp3) is 0.233. The molecule has 0 spiro atoms. The van der Waals surface area contributed by atoms with Crippen molar-refractivity contribution in [2.75, 3.05) is 26.3 Å². The number of rotatable bonds is 7. The molecular formula is C30H27Cl3FNO2. The lowest BCUT2D eigenvalue weighted by Crippen LogP contribution is -2.40. The summed E-state index contributed by atoms with van der Waals surface area (Å²) in [6.45, 7) is 2.33. The highest BCUT2D eigenvalue weighted by Crippen LogP contribution is 2.43. The van der Waals surface area contributed by atoms with Crippen molar-refractivity contribution in [1.82, 2.24) is 4.90 Å². The monoisotopic (exact) mass is 557 g/mol. The number of allylic oxidation sites excluding steroid dienone is 1. The van der Waals surface area contributed by atoms with Crippen LogP contribution in [0.2, 0.25) is 10.0 Å². The highest BCUT2D eigenvalue weighted by molar-refractivity contribution is 6.36. The molecule has 3 aromatic rings. The van der Waals surface area contributed by atoms with E-state index < -0.39 is 5.97 Å². The van der Waals surface area contributed by atoms with Crippen molar-refractivity contribution in [3.05, 3.63) is 110 Å². The summed E-state index contributed by atoms with van der Waals surface area (Å²) in [5, 5.41) is 10.7. The third-order valence-corrected chi connectivity index (χ3v) is 7.40. The standard InChI is InChI=1S/C30H26Cl2FNO2.ClH/c31-24-8-11-26(28(32)16-24)27-10-6-22-15-23(30(35)36)7-9-25(22)29(27)21-4-2-19(3-5-21)14-20-17-34(18-20)13-1-12-33;/h2-5,7-9,11,14-16H,1,6,10,12-13,17-18H2,(H,35,36);1H. The Bertz CT molecular complexity index is 1370. The summed E-state index contributed by atoms with van der Waals surface area (Å²) in [6, 6.07) is 19.4. The van der Waals surface area contributed by atoms with Crippen molar-refractivity contribution in [3.8, 4) is 0 Å². The Balaban J connectivity index is 0.00000320. The minimum absolute atomic E-state index is 0. The molecule has 0 unspecified atom stereocenters. The van der Waals surface area contributed by atoms with Gasteiger partial charge in [-0.25, -0.2) is 4.79 Å². The zero-order chi connectivity index (χ0) is 25.2. The van der Waals surface area contributed by atoms with Crippen LogP contribution in [0.5, 0.6) is 0 Å². The van der Waals surface area contributed by atoms with Gasteiger partial charge in [0.15, 0.2) is 0 Å². The first-order chi connectivity index (χ1) is 17.4. The lowest BCUT2D eigenvalue weighted by Gasteiger charge is -2.33. The van der Waals surface area contributed by atoms with Crippen LogP contribution in [-0.4, -0.2) is 42.3 Å². The molecule has 0 bridgehead atoms. The predicted molar refractivity (Wildman–Crippen MR) is 153 cm³/mol. The van der Waals surface area contributed by atoms with Crippen LogP contribution in [0.25, 0.3) is 17.2 Å². The minimum Gasteiger partial charge on any atom is -0.478 e. The molecule has 1 fully saturated rings. The quantitative estimate of drug-likeness (QED) is 0.319. The van der Waals surface area contributed by atoms with E-state index in [2.05, 4.69) is 35.2 Å². The van der Waals surface area contributed by atoms with Gasteiger partial charge in [0, 0.05) is 29.7 Å². The maximum absolute atomic E-state index is 12.4. The van der Waals surface area contributed by atoms with Gasteiger partial charge in [0.1, 0.15) is 0 Å². The van der Waals surface area contributed by atoms with Gasteiger partial charge in [-0.05, 0) is 88.1 Å². The molecule has 3 nitrogen and oxygen atoms in total. The van der Waals surface area contributed by atoms with E-state index in [1.165, 1.54) is 5.57 Å². The van der Waals surface area contributed by atoms with E-state index in [0.29, 0.717) is 22.0 Å². The van der Waals surface area contributed by atoms with Crippen molar-refractivity contribution in [2.24, 2.45) is 0 Å². The van der Waals surface area contributed by atoms with Crippen LogP contribution in [-0.2, 0) is 6.42 Å².